The van der Waals surface area contributed by atoms with E-state index in [1.165, 1.54) is 26.1 Å². The van der Waals surface area contributed by atoms with Crippen molar-refractivity contribution >= 4 is 27.9 Å². The van der Waals surface area contributed by atoms with Crippen molar-refractivity contribution < 1.29 is 22.7 Å². The van der Waals surface area contributed by atoms with Crippen molar-refractivity contribution in [3.63, 3.8) is 0 Å². The molecule has 0 aliphatic carbocycles. The number of thiophene rings is 1. The first-order valence-electron chi connectivity index (χ1n) is 5.67. The van der Waals surface area contributed by atoms with Gasteiger partial charge in [0.25, 0.3) is 5.91 Å². The molecular weight excluding hydrogens is 295 g/mol. The summed E-state index contributed by atoms with van der Waals surface area (Å²) in [6, 6.07) is 0. The Balaban J connectivity index is 3.02. The highest BCUT2D eigenvalue weighted by molar-refractivity contribution is 7.19. The van der Waals surface area contributed by atoms with Crippen LogP contribution in [-0.4, -0.2) is 39.8 Å². The highest BCUT2D eigenvalue weighted by Crippen LogP contribution is 2.44. The average molecular weight is 311 g/mol. The molecule has 0 saturated heterocycles. The molecule has 0 unspecified atom stereocenters. The van der Waals surface area contributed by atoms with E-state index < -0.39 is 18.5 Å². The molecule has 0 aliphatic rings. The van der Waals surface area contributed by atoms with Crippen LogP contribution in [0.25, 0.3) is 0 Å². The van der Waals surface area contributed by atoms with E-state index in [4.69, 9.17) is 10.5 Å². The molecule has 5 nitrogen and oxygen atoms in total. The number of amides is 1. The Morgan fingerprint density at radius 1 is 1.50 bits per heavy atom. The lowest BCUT2D eigenvalue weighted by Gasteiger charge is -2.19. The molecule has 0 aliphatic heterocycles. The van der Waals surface area contributed by atoms with Gasteiger partial charge < -0.3 is 20.7 Å². The Kier molecular flexibility index (Phi) is 5.09. The van der Waals surface area contributed by atoms with Crippen LogP contribution in [0.2, 0.25) is 0 Å². The topological polar surface area (TPSA) is 67.6 Å². The SMILES string of the molecule is CNC(=O)c1sc(N(C)CCC(F)(F)F)c(OC)c1N. The van der Waals surface area contributed by atoms with E-state index in [0.717, 1.165) is 11.3 Å². The lowest BCUT2D eigenvalue weighted by Crippen LogP contribution is -2.23. The third-order valence-corrected chi connectivity index (χ3v) is 3.90. The van der Waals surface area contributed by atoms with Crippen LogP contribution in [0.4, 0.5) is 23.9 Å². The zero-order valence-corrected chi connectivity index (χ0v) is 12.1. The number of nitrogens with two attached hydrogens (primary N) is 1. The number of hydrogen-bond acceptors (Lipinski definition) is 5. The molecule has 0 fully saturated rings. The summed E-state index contributed by atoms with van der Waals surface area (Å²) in [5, 5.41) is 2.82. The average Bonchev–Trinajstić information content (AvgIpc) is 2.71. The lowest BCUT2D eigenvalue weighted by molar-refractivity contribution is -0.132. The number of nitrogen functional groups attached to an aromatic ring is 1. The summed E-state index contributed by atoms with van der Waals surface area (Å²) < 4.78 is 41.8. The van der Waals surface area contributed by atoms with Crippen molar-refractivity contribution in [3.05, 3.63) is 4.88 Å². The van der Waals surface area contributed by atoms with E-state index in [1.54, 1.807) is 0 Å². The molecule has 0 spiro atoms. The Morgan fingerprint density at radius 3 is 2.55 bits per heavy atom. The van der Waals surface area contributed by atoms with Gasteiger partial charge in [0.2, 0.25) is 0 Å². The van der Waals surface area contributed by atoms with E-state index in [2.05, 4.69) is 5.32 Å². The smallest absolute Gasteiger partial charge is 0.390 e. The van der Waals surface area contributed by atoms with Crippen LogP contribution in [0.15, 0.2) is 0 Å². The predicted molar refractivity (Wildman–Crippen MR) is 72.6 cm³/mol. The van der Waals surface area contributed by atoms with E-state index in [-0.39, 0.29) is 22.9 Å². The molecule has 0 saturated carbocycles. The van der Waals surface area contributed by atoms with Crippen LogP contribution < -0.4 is 20.7 Å². The summed E-state index contributed by atoms with van der Waals surface area (Å²) >= 11 is 0.999. The van der Waals surface area contributed by atoms with Crippen molar-refractivity contribution in [1.29, 1.82) is 0 Å². The fourth-order valence-corrected chi connectivity index (χ4v) is 2.67. The number of nitrogens with one attached hydrogen (secondary N) is 1. The Labute approximate surface area is 118 Å². The van der Waals surface area contributed by atoms with Gasteiger partial charge in [0.1, 0.15) is 15.6 Å². The second-order valence-electron chi connectivity index (χ2n) is 4.05. The zero-order valence-electron chi connectivity index (χ0n) is 11.3. The van der Waals surface area contributed by atoms with Crippen LogP contribution in [-0.2, 0) is 0 Å². The number of anilines is 2. The number of carbonyl (C=O) groups is 1. The van der Waals surface area contributed by atoms with Crippen LogP contribution in [0.1, 0.15) is 16.1 Å². The molecule has 114 valence electrons. The molecule has 3 N–H and O–H groups in total. The minimum atomic E-state index is -4.24. The number of ether oxygens (including phenoxy) is 1. The highest BCUT2D eigenvalue weighted by Gasteiger charge is 2.29. The molecule has 0 bridgehead atoms. The molecule has 1 amide bonds. The number of methoxy groups -OCH3 is 1. The molecular formula is C11H16F3N3O2S. The van der Waals surface area contributed by atoms with Gasteiger partial charge >= 0.3 is 6.18 Å². The van der Waals surface area contributed by atoms with Crippen LogP contribution in [0.5, 0.6) is 5.75 Å². The lowest BCUT2D eigenvalue weighted by atomic mass is 10.3. The summed E-state index contributed by atoms with van der Waals surface area (Å²) in [6.07, 6.45) is -5.20. The first kappa shape index (κ1) is 16.4. The Hall–Kier alpha value is -1.64. The van der Waals surface area contributed by atoms with Crippen molar-refractivity contribution in [3.8, 4) is 5.75 Å². The van der Waals surface area contributed by atoms with Gasteiger partial charge in [0.05, 0.1) is 13.5 Å². The molecule has 1 aromatic rings. The molecule has 0 aromatic carbocycles. The van der Waals surface area contributed by atoms with Crippen molar-refractivity contribution in [2.75, 3.05) is 38.4 Å². The molecule has 1 rings (SSSR count). The summed E-state index contributed by atoms with van der Waals surface area (Å²) in [5.74, 6) is -0.181. The van der Waals surface area contributed by atoms with Gasteiger partial charge in [-0.2, -0.15) is 13.2 Å². The van der Waals surface area contributed by atoms with Crippen molar-refractivity contribution in [2.45, 2.75) is 12.6 Å². The van der Waals surface area contributed by atoms with Gasteiger partial charge in [-0.3, -0.25) is 4.79 Å². The fraction of sp³-hybridized carbons (Fsp3) is 0.545. The normalized spacial score (nSPS) is 11.3. The maximum Gasteiger partial charge on any atom is 0.390 e. The fourth-order valence-electron chi connectivity index (χ4n) is 1.54. The number of rotatable bonds is 5. The summed E-state index contributed by atoms with van der Waals surface area (Å²) in [5.41, 5.74) is 5.92. The summed E-state index contributed by atoms with van der Waals surface area (Å²) in [4.78, 5) is 13.2. The standard InChI is InChI=1S/C11H16F3N3O2S/c1-16-9(18)8-6(15)7(19-3)10(20-8)17(2)5-4-11(12,13)14/h4-5,15H2,1-3H3,(H,16,18). The Bertz CT molecular complexity index is 488. The second kappa shape index (κ2) is 6.21. The molecule has 1 aromatic heterocycles. The first-order chi connectivity index (χ1) is 9.21. The molecule has 1 heterocycles. The van der Waals surface area contributed by atoms with E-state index in [0.29, 0.717) is 5.00 Å². The maximum absolute atomic E-state index is 12.2. The summed E-state index contributed by atoms with van der Waals surface area (Å²) in [7, 11) is 4.29. The quantitative estimate of drug-likeness (QED) is 0.874. The molecule has 9 heteroatoms. The summed E-state index contributed by atoms with van der Waals surface area (Å²) in [6.45, 7) is -0.243. The van der Waals surface area contributed by atoms with Crippen LogP contribution >= 0.6 is 11.3 Å². The number of carbonyl (C=O) groups excluding carboxylic acids is 1. The van der Waals surface area contributed by atoms with Crippen LogP contribution in [0, 0.1) is 0 Å². The van der Waals surface area contributed by atoms with Gasteiger partial charge in [0, 0.05) is 20.6 Å². The van der Waals surface area contributed by atoms with Crippen molar-refractivity contribution in [2.24, 2.45) is 0 Å². The number of hydrogen-bond donors (Lipinski definition) is 2. The van der Waals surface area contributed by atoms with E-state index in [9.17, 15) is 18.0 Å². The second-order valence-corrected chi connectivity index (χ2v) is 5.05. The molecule has 20 heavy (non-hydrogen) atoms. The van der Waals surface area contributed by atoms with E-state index in [1.807, 2.05) is 0 Å². The number of alkyl halides is 3. The number of nitrogens with zero attached hydrogens (tertiary/aromatic N) is 1. The monoisotopic (exact) mass is 311 g/mol. The van der Waals surface area contributed by atoms with Gasteiger partial charge in [-0.05, 0) is 0 Å². The predicted octanol–water partition coefficient (Wildman–Crippen LogP) is 2.09. The minimum absolute atomic E-state index is 0.130. The van der Waals surface area contributed by atoms with Crippen molar-refractivity contribution in [1.82, 2.24) is 5.32 Å². The zero-order chi connectivity index (χ0) is 15.5. The minimum Gasteiger partial charge on any atom is -0.492 e. The number of halogens is 3. The Morgan fingerprint density at radius 2 is 2.10 bits per heavy atom. The van der Waals surface area contributed by atoms with Gasteiger partial charge in [0.15, 0.2) is 5.75 Å². The van der Waals surface area contributed by atoms with Gasteiger partial charge in [-0.15, -0.1) is 11.3 Å². The maximum atomic E-state index is 12.2. The largest absolute Gasteiger partial charge is 0.492 e. The van der Waals surface area contributed by atoms with Gasteiger partial charge in [-0.1, -0.05) is 0 Å². The third-order valence-electron chi connectivity index (χ3n) is 2.60. The van der Waals surface area contributed by atoms with Crippen LogP contribution in [0.3, 0.4) is 0 Å². The first-order valence-corrected chi connectivity index (χ1v) is 6.49. The van der Waals surface area contributed by atoms with Gasteiger partial charge in [-0.25, -0.2) is 0 Å². The molecule has 0 atom stereocenters. The van der Waals surface area contributed by atoms with E-state index >= 15 is 0 Å². The molecule has 0 radical (unpaired) electrons. The highest BCUT2D eigenvalue weighted by atomic mass is 32.1. The third kappa shape index (κ3) is 3.69.